The van der Waals surface area contributed by atoms with Crippen molar-refractivity contribution in [3.05, 3.63) is 29.8 Å². The minimum atomic E-state index is 0.383. The van der Waals surface area contributed by atoms with E-state index < -0.39 is 0 Å². The number of hydrogen-bond acceptors (Lipinski definition) is 4. The smallest absolute Gasteiger partial charge is 0.119 e. The standard InChI is InChI=1S/C17H24N2O2/c1-19(14-17-4-2-3-12-20-17)11-13-21-16-7-5-15(6-8-16)9-10-18/h5-8,17H,2-4,9,11-14H2,1H3. The molecule has 1 fully saturated rings. The molecule has 4 heteroatoms. The van der Waals surface area contributed by atoms with Crippen molar-refractivity contribution in [1.29, 1.82) is 5.26 Å². The van der Waals surface area contributed by atoms with Gasteiger partial charge in [0, 0.05) is 19.7 Å². The Balaban J connectivity index is 1.65. The van der Waals surface area contributed by atoms with E-state index in [1.54, 1.807) is 0 Å². The third kappa shape index (κ3) is 5.74. The van der Waals surface area contributed by atoms with Crippen LogP contribution in [0.3, 0.4) is 0 Å². The molecular formula is C17H24N2O2. The van der Waals surface area contributed by atoms with Crippen LogP contribution in [-0.2, 0) is 11.2 Å². The topological polar surface area (TPSA) is 45.5 Å². The van der Waals surface area contributed by atoms with Crippen LogP contribution in [0.1, 0.15) is 24.8 Å². The van der Waals surface area contributed by atoms with Gasteiger partial charge in [-0.1, -0.05) is 12.1 Å². The maximum absolute atomic E-state index is 8.63. The fourth-order valence-electron chi connectivity index (χ4n) is 2.50. The first-order valence-electron chi connectivity index (χ1n) is 7.67. The Bertz CT molecular complexity index is 447. The second-order valence-corrected chi connectivity index (χ2v) is 5.58. The minimum Gasteiger partial charge on any atom is -0.492 e. The molecule has 1 aromatic carbocycles. The van der Waals surface area contributed by atoms with E-state index in [0.29, 0.717) is 19.1 Å². The zero-order valence-corrected chi connectivity index (χ0v) is 12.8. The number of nitriles is 1. The molecule has 0 bridgehead atoms. The summed E-state index contributed by atoms with van der Waals surface area (Å²) in [5.74, 6) is 0.860. The lowest BCUT2D eigenvalue weighted by Crippen LogP contribution is -2.35. The molecule has 0 N–H and O–H groups in total. The first-order valence-corrected chi connectivity index (χ1v) is 7.67. The summed E-state index contributed by atoms with van der Waals surface area (Å²) in [6, 6.07) is 9.88. The van der Waals surface area contributed by atoms with Gasteiger partial charge in [-0.3, -0.25) is 0 Å². The van der Waals surface area contributed by atoms with Gasteiger partial charge in [-0.2, -0.15) is 5.26 Å². The van der Waals surface area contributed by atoms with Crippen LogP contribution in [0, 0.1) is 11.3 Å². The van der Waals surface area contributed by atoms with Gasteiger partial charge < -0.3 is 14.4 Å². The van der Waals surface area contributed by atoms with E-state index in [2.05, 4.69) is 18.0 Å². The Morgan fingerprint density at radius 2 is 2.14 bits per heavy atom. The van der Waals surface area contributed by atoms with E-state index in [1.807, 2.05) is 24.3 Å². The Morgan fingerprint density at radius 1 is 1.33 bits per heavy atom. The number of hydrogen-bond donors (Lipinski definition) is 0. The van der Waals surface area contributed by atoms with E-state index in [-0.39, 0.29) is 0 Å². The maximum atomic E-state index is 8.63. The summed E-state index contributed by atoms with van der Waals surface area (Å²) in [6.45, 7) is 3.44. The highest BCUT2D eigenvalue weighted by Gasteiger charge is 2.15. The zero-order chi connectivity index (χ0) is 14.9. The molecule has 114 valence electrons. The normalized spacial score (nSPS) is 18.4. The number of ether oxygens (including phenoxy) is 2. The summed E-state index contributed by atoms with van der Waals surface area (Å²) in [4.78, 5) is 2.26. The molecule has 2 rings (SSSR count). The van der Waals surface area contributed by atoms with Gasteiger partial charge >= 0.3 is 0 Å². The van der Waals surface area contributed by atoms with Gasteiger partial charge in [0.25, 0.3) is 0 Å². The van der Waals surface area contributed by atoms with Gasteiger partial charge in [-0.05, 0) is 44.0 Å². The Hall–Kier alpha value is -1.57. The van der Waals surface area contributed by atoms with Crippen molar-refractivity contribution in [2.75, 3.05) is 33.4 Å². The predicted octanol–water partition coefficient (Wildman–Crippen LogP) is 2.63. The van der Waals surface area contributed by atoms with Gasteiger partial charge in [0.2, 0.25) is 0 Å². The molecule has 4 nitrogen and oxygen atoms in total. The molecule has 1 saturated heterocycles. The molecule has 1 aromatic rings. The third-order valence-corrected chi connectivity index (χ3v) is 3.74. The quantitative estimate of drug-likeness (QED) is 0.774. The van der Waals surface area contributed by atoms with Crippen molar-refractivity contribution in [2.24, 2.45) is 0 Å². The van der Waals surface area contributed by atoms with Crippen LogP contribution >= 0.6 is 0 Å². The Kier molecular flexibility index (Phi) is 6.52. The highest BCUT2D eigenvalue weighted by atomic mass is 16.5. The van der Waals surface area contributed by atoms with Crippen molar-refractivity contribution in [2.45, 2.75) is 31.8 Å². The van der Waals surface area contributed by atoms with Crippen LogP contribution < -0.4 is 4.74 Å². The second-order valence-electron chi connectivity index (χ2n) is 5.58. The molecule has 1 aliphatic heterocycles. The van der Waals surface area contributed by atoms with Gasteiger partial charge in [-0.25, -0.2) is 0 Å². The SMILES string of the molecule is CN(CCOc1ccc(CC#N)cc1)CC1CCCCO1. The van der Waals surface area contributed by atoms with Crippen LogP contribution in [0.4, 0.5) is 0 Å². The van der Waals surface area contributed by atoms with E-state index in [0.717, 1.165) is 31.0 Å². The summed E-state index contributed by atoms with van der Waals surface area (Å²) in [5, 5.41) is 8.63. The third-order valence-electron chi connectivity index (χ3n) is 3.74. The van der Waals surface area contributed by atoms with Gasteiger partial charge in [0.1, 0.15) is 12.4 Å². The predicted molar refractivity (Wildman–Crippen MR) is 82.3 cm³/mol. The molecule has 0 aromatic heterocycles. The molecule has 1 aliphatic rings. The summed E-state index contributed by atoms with van der Waals surface area (Å²) in [7, 11) is 2.11. The fraction of sp³-hybridized carbons (Fsp3) is 0.588. The van der Waals surface area contributed by atoms with E-state index in [4.69, 9.17) is 14.7 Å². The summed E-state index contributed by atoms with van der Waals surface area (Å²) in [6.07, 6.45) is 4.49. The molecule has 0 spiro atoms. The lowest BCUT2D eigenvalue weighted by molar-refractivity contribution is -0.00282. The maximum Gasteiger partial charge on any atom is 0.119 e. The number of likely N-dealkylation sites (N-methyl/N-ethyl adjacent to an activating group) is 1. The monoisotopic (exact) mass is 288 g/mol. The number of benzene rings is 1. The molecular weight excluding hydrogens is 264 g/mol. The molecule has 0 amide bonds. The van der Waals surface area contributed by atoms with E-state index in [9.17, 15) is 0 Å². The molecule has 0 saturated carbocycles. The average Bonchev–Trinajstić information content (AvgIpc) is 2.50. The van der Waals surface area contributed by atoms with Crippen molar-refractivity contribution in [3.8, 4) is 11.8 Å². The highest BCUT2D eigenvalue weighted by molar-refractivity contribution is 5.28. The van der Waals surface area contributed by atoms with Crippen molar-refractivity contribution < 1.29 is 9.47 Å². The first kappa shape index (κ1) is 15.8. The van der Waals surface area contributed by atoms with Crippen molar-refractivity contribution in [3.63, 3.8) is 0 Å². The molecule has 0 radical (unpaired) electrons. The molecule has 21 heavy (non-hydrogen) atoms. The first-order chi connectivity index (χ1) is 10.3. The Morgan fingerprint density at radius 3 is 2.81 bits per heavy atom. The summed E-state index contributed by atoms with van der Waals surface area (Å²) < 4.78 is 11.5. The molecule has 1 atom stereocenters. The number of rotatable bonds is 7. The molecule has 1 unspecified atom stereocenters. The largest absolute Gasteiger partial charge is 0.492 e. The van der Waals surface area contributed by atoms with Crippen LogP contribution in [-0.4, -0.2) is 44.4 Å². The van der Waals surface area contributed by atoms with Crippen LogP contribution in [0.5, 0.6) is 5.75 Å². The molecule has 0 aliphatic carbocycles. The van der Waals surface area contributed by atoms with E-state index in [1.165, 1.54) is 19.3 Å². The average molecular weight is 288 g/mol. The number of nitrogens with zero attached hydrogens (tertiary/aromatic N) is 2. The second kappa shape index (κ2) is 8.66. The zero-order valence-electron chi connectivity index (χ0n) is 12.8. The fourth-order valence-corrected chi connectivity index (χ4v) is 2.50. The van der Waals surface area contributed by atoms with Gasteiger partial charge in [0.05, 0.1) is 18.6 Å². The van der Waals surface area contributed by atoms with Crippen LogP contribution in [0.25, 0.3) is 0 Å². The highest BCUT2D eigenvalue weighted by Crippen LogP contribution is 2.14. The van der Waals surface area contributed by atoms with Gasteiger partial charge in [0.15, 0.2) is 0 Å². The van der Waals surface area contributed by atoms with Crippen LogP contribution in [0.2, 0.25) is 0 Å². The summed E-state index contributed by atoms with van der Waals surface area (Å²) in [5.41, 5.74) is 1.02. The van der Waals surface area contributed by atoms with Gasteiger partial charge in [-0.15, -0.1) is 0 Å². The minimum absolute atomic E-state index is 0.383. The lowest BCUT2D eigenvalue weighted by atomic mass is 10.1. The van der Waals surface area contributed by atoms with Crippen molar-refractivity contribution >= 4 is 0 Å². The van der Waals surface area contributed by atoms with E-state index >= 15 is 0 Å². The molecule has 1 heterocycles. The lowest BCUT2D eigenvalue weighted by Gasteiger charge is -2.27. The summed E-state index contributed by atoms with van der Waals surface area (Å²) >= 11 is 0. The Labute approximate surface area is 127 Å². The van der Waals surface area contributed by atoms with Crippen molar-refractivity contribution in [1.82, 2.24) is 4.90 Å². The van der Waals surface area contributed by atoms with Crippen LogP contribution in [0.15, 0.2) is 24.3 Å².